The zero-order chi connectivity index (χ0) is 14.3. The van der Waals surface area contributed by atoms with Crippen molar-refractivity contribution in [1.29, 1.82) is 0 Å². The van der Waals surface area contributed by atoms with Gasteiger partial charge in [-0.25, -0.2) is 0 Å². The maximum Gasteiger partial charge on any atom is 0.319 e. The molecule has 1 atom stereocenters. The third kappa shape index (κ3) is 2.11. The van der Waals surface area contributed by atoms with Crippen LogP contribution in [0.3, 0.4) is 0 Å². The number of carbonyl (C=O) groups excluding carboxylic acids is 1. The van der Waals surface area contributed by atoms with Crippen molar-refractivity contribution >= 4 is 5.97 Å². The molecule has 2 heteroatoms. The minimum atomic E-state index is -0.189. The van der Waals surface area contributed by atoms with Crippen LogP contribution < -0.4 is 4.74 Å². The molecule has 2 nitrogen and oxygen atoms in total. The smallest absolute Gasteiger partial charge is 0.319 e. The van der Waals surface area contributed by atoms with Gasteiger partial charge in [-0.05, 0) is 55.5 Å². The number of carbonyl (C=O) groups is 1. The Hall–Kier alpha value is -2.09. The molecule has 0 spiro atoms. The average molecular weight is 266 g/mol. The largest absolute Gasteiger partial charge is 0.426 e. The van der Waals surface area contributed by atoms with Gasteiger partial charge in [0.15, 0.2) is 0 Å². The Morgan fingerprint density at radius 3 is 2.40 bits per heavy atom. The predicted molar refractivity (Wildman–Crippen MR) is 79.2 cm³/mol. The molecular formula is C18H18O2. The molecule has 1 unspecified atom stereocenters. The van der Waals surface area contributed by atoms with Gasteiger partial charge in [-0.3, -0.25) is 4.79 Å². The average Bonchev–Trinajstić information content (AvgIpc) is 2.38. The molecule has 0 saturated heterocycles. The monoisotopic (exact) mass is 266 g/mol. The van der Waals surface area contributed by atoms with Gasteiger partial charge in [0.2, 0.25) is 0 Å². The van der Waals surface area contributed by atoms with Gasteiger partial charge in [0, 0.05) is 0 Å². The highest BCUT2D eigenvalue weighted by Crippen LogP contribution is 2.36. The molecule has 0 aromatic heterocycles. The number of hydrogen-bond acceptors (Lipinski definition) is 2. The van der Waals surface area contributed by atoms with Crippen molar-refractivity contribution in [3.63, 3.8) is 0 Å². The highest BCUT2D eigenvalue weighted by molar-refractivity contribution is 5.84. The summed E-state index contributed by atoms with van der Waals surface area (Å²) in [6.07, 6.45) is 0.722. The van der Waals surface area contributed by atoms with Crippen LogP contribution in [0.1, 0.15) is 33.7 Å². The molecule has 2 aromatic carbocycles. The highest BCUT2D eigenvalue weighted by atomic mass is 16.5. The van der Waals surface area contributed by atoms with E-state index < -0.39 is 0 Å². The third-order valence-corrected chi connectivity index (χ3v) is 3.98. The van der Waals surface area contributed by atoms with E-state index >= 15 is 0 Å². The summed E-state index contributed by atoms with van der Waals surface area (Å²) in [5, 5.41) is 0. The van der Waals surface area contributed by atoms with E-state index in [4.69, 9.17) is 4.74 Å². The molecule has 1 aliphatic heterocycles. The zero-order valence-corrected chi connectivity index (χ0v) is 12.1. The Balaban J connectivity index is 2.06. The van der Waals surface area contributed by atoms with Crippen molar-refractivity contribution in [2.45, 2.75) is 33.1 Å². The first-order valence-corrected chi connectivity index (χ1v) is 6.93. The molecule has 0 aliphatic carbocycles. The fraction of sp³-hybridized carbons (Fsp3) is 0.278. The number of ether oxygens (including phenoxy) is 1. The summed E-state index contributed by atoms with van der Waals surface area (Å²) < 4.78 is 5.50. The van der Waals surface area contributed by atoms with Gasteiger partial charge in [-0.1, -0.05) is 35.9 Å². The number of para-hydroxylation sites is 1. The summed E-state index contributed by atoms with van der Waals surface area (Å²) in [4.78, 5) is 12.3. The van der Waals surface area contributed by atoms with Crippen LogP contribution >= 0.6 is 0 Å². The van der Waals surface area contributed by atoms with E-state index in [9.17, 15) is 4.79 Å². The molecule has 0 fully saturated rings. The summed E-state index contributed by atoms with van der Waals surface area (Å²) in [5.74, 6) is 0.375. The van der Waals surface area contributed by atoms with E-state index in [1.807, 2.05) is 24.3 Å². The molecule has 20 heavy (non-hydrogen) atoms. The zero-order valence-electron chi connectivity index (χ0n) is 12.1. The number of hydrogen-bond donors (Lipinski definition) is 0. The fourth-order valence-corrected chi connectivity index (χ4v) is 3.22. The number of benzene rings is 2. The van der Waals surface area contributed by atoms with Crippen LogP contribution in [-0.2, 0) is 11.2 Å². The molecule has 102 valence electrons. The number of aryl methyl sites for hydroxylation is 3. The summed E-state index contributed by atoms with van der Waals surface area (Å²) in [5.41, 5.74) is 5.80. The minimum Gasteiger partial charge on any atom is -0.426 e. The minimum absolute atomic E-state index is 0.140. The lowest BCUT2D eigenvalue weighted by Gasteiger charge is -2.26. The topological polar surface area (TPSA) is 26.3 Å². The second-order valence-corrected chi connectivity index (χ2v) is 5.60. The Morgan fingerprint density at radius 1 is 1.05 bits per heavy atom. The Morgan fingerprint density at radius 2 is 1.70 bits per heavy atom. The fourth-order valence-electron chi connectivity index (χ4n) is 3.22. The molecule has 0 saturated carbocycles. The van der Waals surface area contributed by atoms with Gasteiger partial charge in [0.25, 0.3) is 0 Å². The van der Waals surface area contributed by atoms with Gasteiger partial charge in [0.05, 0.1) is 5.92 Å². The summed E-state index contributed by atoms with van der Waals surface area (Å²) in [6, 6.07) is 12.1. The van der Waals surface area contributed by atoms with E-state index in [1.165, 1.54) is 16.7 Å². The van der Waals surface area contributed by atoms with Crippen molar-refractivity contribution in [2.24, 2.45) is 0 Å². The van der Waals surface area contributed by atoms with Crippen molar-refractivity contribution in [3.8, 4) is 5.75 Å². The molecule has 0 bridgehead atoms. The van der Waals surface area contributed by atoms with E-state index in [0.717, 1.165) is 17.5 Å². The van der Waals surface area contributed by atoms with Crippen LogP contribution in [0.5, 0.6) is 5.75 Å². The van der Waals surface area contributed by atoms with E-state index in [-0.39, 0.29) is 11.9 Å². The number of rotatable bonds is 1. The molecule has 2 aromatic rings. The molecule has 1 aliphatic rings. The lowest BCUT2D eigenvalue weighted by atomic mass is 9.84. The van der Waals surface area contributed by atoms with Gasteiger partial charge in [-0.2, -0.15) is 0 Å². The quantitative estimate of drug-likeness (QED) is 0.579. The molecule has 3 rings (SSSR count). The standard InChI is InChI=1S/C18H18O2/c1-11-8-12(2)17(13(3)9-11)15-10-14-6-4-5-7-16(14)20-18(15)19/h4-9,15H,10H2,1-3H3. The molecule has 0 N–H and O–H groups in total. The molecule has 1 heterocycles. The van der Waals surface area contributed by atoms with Crippen molar-refractivity contribution in [1.82, 2.24) is 0 Å². The van der Waals surface area contributed by atoms with E-state index in [0.29, 0.717) is 5.75 Å². The van der Waals surface area contributed by atoms with Gasteiger partial charge >= 0.3 is 5.97 Å². The predicted octanol–water partition coefficient (Wildman–Crippen LogP) is 3.86. The SMILES string of the molecule is Cc1cc(C)c(C2Cc3ccccc3OC2=O)c(C)c1. The van der Waals surface area contributed by atoms with Crippen LogP contribution in [-0.4, -0.2) is 5.97 Å². The van der Waals surface area contributed by atoms with Crippen LogP contribution in [0.15, 0.2) is 36.4 Å². The maximum atomic E-state index is 12.3. The molecular weight excluding hydrogens is 248 g/mol. The maximum absolute atomic E-state index is 12.3. The van der Waals surface area contributed by atoms with Crippen molar-refractivity contribution in [2.75, 3.05) is 0 Å². The van der Waals surface area contributed by atoms with Gasteiger partial charge < -0.3 is 4.74 Å². The van der Waals surface area contributed by atoms with Gasteiger partial charge in [-0.15, -0.1) is 0 Å². The Labute approximate surface area is 119 Å². The first-order valence-electron chi connectivity index (χ1n) is 6.93. The van der Waals surface area contributed by atoms with Crippen LogP contribution in [0.25, 0.3) is 0 Å². The molecule has 0 radical (unpaired) electrons. The third-order valence-electron chi connectivity index (χ3n) is 3.98. The Bertz CT molecular complexity index is 663. The summed E-state index contributed by atoms with van der Waals surface area (Å²) in [6.45, 7) is 6.23. The van der Waals surface area contributed by atoms with E-state index in [2.05, 4.69) is 32.9 Å². The lowest BCUT2D eigenvalue weighted by Crippen LogP contribution is -2.27. The summed E-state index contributed by atoms with van der Waals surface area (Å²) >= 11 is 0. The van der Waals surface area contributed by atoms with E-state index in [1.54, 1.807) is 0 Å². The van der Waals surface area contributed by atoms with Gasteiger partial charge in [0.1, 0.15) is 5.75 Å². The van der Waals surface area contributed by atoms with Crippen LogP contribution in [0.2, 0.25) is 0 Å². The first kappa shape index (κ1) is 12.9. The first-order chi connectivity index (χ1) is 9.56. The number of fused-ring (bicyclic) bond motifs is 1. The second-order valence-electron chi connectivity index (χ2n) is 5.60. The Kier molecular flexibility index (Phi) is 3.09. The van der Waals surface area contributed by atoms with Crippen molar-refractivity contribution in [3.05, 3.63) is 64.2 Å². The number of esters is 1. The van der Waals surface area contributed by atoms with Crippen LogP contribution in [0, 0.1) is 20.8 Å². The second kappa shape index (κ2) is 4.78. The lowest BCUT2D eigenvalue weighted by molar-refractivity contribution is -0.137. The van der Waals surface area contributed by atoms with Crippen molar-refractivity contribution < 1.29 is 9.53 Å². The normalized spacial score (nSPS) is 17.6. The highest BCUT2D eigenvalue weighted by Gasteiger charge is 2.31. The summed E-state index contributed by atoms with van der Waals surface area (Å²) in [7, 11) is 0. The molecule has 0 amide bonds. The van der Waals surface area contributed by atoms with Crippen LogP contribution in [0.4, 0.5) is 0 Å².